The van der Waals surface area contributed by atoms with Crippen molar-refractivity contribution in [1.82, 2.24) is 10.3 Å². The van der Waals surface area contributed by atoms with Crippen LogP contribution in [-0.4, -0.2) is 17.1 Å². The number of hydrogen-bond donors (Lipinski definition) is 2. The minimum absolute atomic E-state index is 0.0985. The molecule has 1 aromatic heterocycles. The van der Waals surface area contributed by atoms with Gasteiger partial charge in [-0.15, -0.1) is 11.3 Å². The van der Waals surface area contributed by atoms with Gasteiger partial charge < -0.3 is 5.32 Å². The second-order valence-electron chi connectivity index (χ2n) is 5.29. The molecule has 4 nitrogen and oxygen atoms in total. The first-order chi connectivity index (χ1) is 8.81. The standard InChI is InChI=1S/C13H19N3OS/c17-12(14-10-4-2-1-3-5-10)16-13-15-11(8-18-13)9-6-7-9/h8-10H,1-7H2,(H2,14,15,16,17). The van der Waals surface area contributed by atoms with E-state index in [1.165, 1.54) is 43.4 Å². The van der Waals surface area contributed by atoms with E-state index < -0.39 is 0 Å². The smallest absolute Gasteiger partial charge is 0.321 e. The van der Waals surface area contributed by atoms with Crippen molar-refractivity contribution in [3.8, 4) is 0 Å². The molecule has 1 aromatic rings. The van der Waals surface area contributed by atoms with E-state index in [2.05, 4.69) is 21.0 Å². The quantitative estimate of drug-likeness (QED) is 0.879. The number of hydrogen-bond acceptors (Lipinski definition) is 3. The fourth-order valence-corrected chi connectivity index (χ4v) is 3.26. The Labute approximate surface area is 111 Å². The third-order valence-corrected chi connectivity index (χ3v) is 4.45. The van der Waals surface area contributed by atoms with Gasteiger partial charge in [-0.05, 0) is 25.7 Å². The van der Waals surface area contributed by atoms with Gasteiger partial charge in [0, 0.05) is 17.3 Å². The van der Waals surface area contributed by atoms with E-state index in [4.69, 9.17) is 0 Å². The Morgan fingerprint density at radius 3 is 2.72 bits per heavy atom. The minimum atomic E-state index is -0.0985. The Hall–Kier alpha value is -1.10. The summed E-state index contributed by atoms with van der Waals surface area (Å²) in [4.78, 5) is 16.3. The number of aromatic nitrogens is 1. The van der Waals surface area contributed by atoms with Crippen LogP contribution in [0.25, 0.3) is 0 Å². The summed E-state index contributed by atoms with van der Waals surface area (Å²) in [5.74, 6) is 0.651. The molecule has 3 rings (SSSR count). The number of carbonyl (C=O) groups is 1. The molecule has 0 radical (unpaired) electrons. The monoisotopic (exact) mass is 265 g/mol. The van der Waals surface area contributed by atoms with Gasteiger partial charge in [0.25, 0.3) is 0 Å². The predicted octanol–water partition coefficient (Wildman–Crippen LogP) is 3.47. The molecule has 2 amide bonds. The van der Waals surface area contributed by atoms with E-state index in [9.17, 15) is 4.79 Å². The summed E-state index contributed by atoms with van der Waals surface area (Å²) in [7, 11) is 0. The molecule has 0 atom stereocenters. The molecule has 0 unspecified atom stereocenters. The van der Waals surface area contributed by atoms with Crippen molar-refractivity contribution in [2.45, 2.75) is 56.9 Å². The van der Waals surface area contributed by atoms with Crippen molar-refractivity contribution in [1.29, 1.82) is 0 Å². The molecule has 2 aliphatic carbocycles. The SMILES string of the molecule is O=C(Nc1nc(C2CC2)cs1)NC1CCCCC1. The van der Waals surface area contributed by atoms with Crippen molar-refractivity contribution < 1.29 is 4.79 Å². The number of carbonyl (C=O) groups excluding carboxylic acids is 1. The van der Waals surface area contributed by atoms with E-state index in [1.54, 1.807) is 0 Å². The third-order valence-electron chi connectivity index (χ3n) is 3.68. The predicted molar refractivity (Wildman–Crippen MR) is 73.1 cm³/mol. The molecular formula is C13H19N3OS. The van der Waals surface area contributed by atoms with Gasteiger partial charge in [-0.3, -0.25) is 5.32 Å². The van der Waals surface area contributed by atoms with Gasteiger partial charge >= 0.3 is 6.03 Å². The van der Waals surface area contributed by atoms with Crippen molar-refractivity contribution in [3.63, 3.8) is 0 Å². The summed E-state index contributed by atoms with van der Waals surface area (Å²) < 4.78 is 0. The van der Waals surface area contributed by atoms with Crippen molar-refractivity contribution in [2.75, 3.05) is 5.32 Å². The Morgan fingerprint density at radius 1 is 1.22 bits per heavy atom. The zero-order valence-electron chi connectivity index (χ0n) is 10.4. The molecule has 2 saturated carbocycles. The topological polar surface area (TPSA) is 54.0 Å². The Kier molecular flexibility index (Phi) is 3.50. The maximum Gasteiger partial charge on any atom is 0.321 e. The van der Waals surface area contributed by atoms with Crippen molar-refractivity contribution >= 4 is 22.5 Å². The molecule has 1 heterocycles. The largest absolute Gasteiger partial charge is 0.335 e. The second kappa shape index (κ2) is 5.26. The van der Waals surface area contributed by atoms with Crippen molar-refractivity contribution in [3.05, 3.63) is 11.1 Å². The normalized spacial score (nSPS) is 20.7. The molecule has 2 N–H and O–H groups in total. The lowest BCUT2D eigenvalue weighted by Crippen LogP contribution is -2.38. The van der Waals surface area contributed by atoms with Gasteiger partial charge in [-0.2, -0.15) is 0 Å². The van der Waals surface area contributed by atoms with E-state index in [-0.39, 0.29) is 6.03 Å². The maximum absolute atomic E-state index is 11.8. The highest BCUT2D eigenvalue weighted by molar-refractivity contribution is 7.13. The van der Waals surface area contributed by atoms with Gasteiger partial charge in [0.05, 0.1) is 5.69 Å². The number of nitrogens with zero attached hydrogens (tertiary/aromatic N) is 1. The van der Waals surface area contributed by atoms with E-state index >= 15 is 0 Å². The molecule has 0 aromatic carbocycles. The van der Waals surface area contributed by atoms with Crippen LogP contribution in [0.5, 0.6) is 0 Å². The highest BCUT2D eigenvalue weighted by Crippen LogP contribution is 2.40. The summed E-state index contributed by atoms with van der Waals surface area (Å²) in [6.45, 7) is 0. The third kappa shape index (κ3) is 3.02. The second-order valence-corrected chi connectivity index (χ2v) is 6.14. The average molecular weight is 265 g/mol. The van der Waals surface area contributed by atoms with Gasteiger partial charge in [0.15, 0.2) is 5.13 Å². The highest BCUT2D eigenvalue weighted by Gasteiger charge is 2.26. The van der Waals surface area contributed by atoms with Gasteiger partial charge in [0.1, 0.15) is 0 Å². The Bertz CT molecular complexity index is 422. The van der Waals surface area contributed by atoms with Crippen LogP contribution in [0.2, 0.25) is 0 Å². The van der Waals surface area contributed by atoms with E-state index in [0.717, 1.165) is 23.7 Å². The summed E-state index contributed by atoms with van der Waals surface area (Å²) >= 11 is 1.53. The first kappa shape index (κ1) is 12.0. The first-order valence-corrected chi connectivity index (χ1v) is 7.72. The van der Waals surface area contributed by atoms with Gasteiger partial charge in [0.2, 0.25) is 0 Å². The number of amides is 2. The molecule has 0 aliphatic heterocycles. The highest BCUT2D eigenvalue weighted by atomic mass is 32.1. The van der Waals surface area contributed by atoms with Gasteiger partial charge in [-0.25, -0.2) is 9.78 Å². The summed E-state index contributed by atoms with van der Waals surface area (Å²) in [5.41, 5.74) is 1.15. The Balaban J connectivity index is 1.49. The summed E-state index contributed by atoms with van der Waals surface area (Å²) in [6.07, 6.45) is 8.48. The molecule has 0 spiro atoms. The van der Waals surface area contributed by atoms with Gasteiger partial charge in [-0.1, -0.05) is 19.3 Å². The van der Waals surface area contributed by atoms with Crippen LogP contribution in [0.3, 0.4) is 0 Å². The fraction of sp³-hybridized carbons (Fsp3) is 0.692. The molecule has 2 aliphatic rings. The lowest BCUT2D eigenvalue weighted by molar-refractivity contribution is 0.244. The van der Waals surface area contributed by atoms with Crippen LogP contribution in [-0.2, 0) is 0 Å². The molecule has 18 heavy (non-hydrogen) atoms. The first-order valence-electron chi connectivity index (χ1n) is 6.84. The molecule has 98 valence electrons. The molecular weight excluding hydrogens is 246 g/mol. The number of thiazole rings is 1. The van der Waals surface area contributed by atoms with Crippen LogP contribution in [0, 0.1) is 0 Å². The minimum Gasteiger partial charge on any atom is -0.335 e. The Morgan fingerprint density at radius 2 is 2.00 bits per heavy atom. The number of nitrogens with one attached hydrogen (secondary N) is 2. The number of urea groups is 1. The zero-order chi connectivity index (χ0) is 12.4. The molecule has 2 fully saturated rings. The summed E-state index contributed by atoms with van der Waals surface area (Å²) in [6, 6.07) is 0.250. The van der Waals surface area contributed by atoms with Crippen LogP contribution in [0.15, 0.2) is 5.38 Å². The molecule has 5 heteroatoms. The maximum atomic E-state index is 11.8. The van der Waals surface area contributed by atoms with Crippen LogP contribution < -0.4 is 10.6 Å². The van der Waals surface area contributed by atoms with E-state index in [0.29, 0.717) is 12.0 Å². The lowest BCUT2D eigenvalue weighted by Gasteiger charge is -2.22. The summed E-state index contributed by atoms with van der Waals surface area (Å²) in [5, 5.41) is 8.68. The van der Waals surface area contributed by atoms with Crippen molar-refractivity contribution in [2.24, 2.45) is 0 Å². The van der Waals surface area contributed by atoms with Crippen LogP contribution in [0.1, 0.15) is 56.6 Å². The van der Waals surface area contributed by atoms with E-state index in [1.807, 2.05) is 0 Å². The molecule has 0 bridgehead atoms. The zero-order valence-corrected chi connectivity index (χ0v) is 11.3. The van der Waals surface area contributed by atoms with Crippen LogP contribution in [0.4, 0.5) is 9.93 Å². The van der Waals surface area contributed by atoms with Crippen LogP contribution >= 0.6 is 11.3 Å². The fourth-order valence-electron chi connectivity index (χ4n) is 2.48. The molecule has 0 saturated heterocycles. The number of rotatable bonds is 3. The average Bonchev–Trinajstić information content (AvgIpc) is 3.12. The lowest BCUT2D eigenvalue weighted by atomic mass is 9.96. The number of anilines is 1.